The fourth-order valence-corrected chi connectivity index (χ4v) is 1.18. The molecule has 2 heterocycles. The first-order valence-electron chi connectivity index (χ1n) is 3.80. The van der Waals surface area contributed by atoms with E-state index in [0.29, 0.717) is 0 Å². The molecule has 2 aromatic rings. The zero-order chi connectivity index (χ0) is 8.55. The van der Waals surface area contributed by atoms with Crippen LogP contribution in [0.5, 0.6) is 0 Å². The van der Waals surface area contributed by atoms with Crippen LogP contribution in [0.25, 0.3) is 11.4 Å². The Labute approximate surface area is 70.0 Å². The van der Waals surface area contributed by atoms with Crippen molar-refractivity contribution in [2.45, 2.75) is 13.8 Å². The van der Waals surface area contributed by atoms with Gasteiger partial charge in [-0.1, -0.05) is 0 Å². The van der Waals surface area contributed by atoms with E-state index >= 15 is 0 Å². The van der Waals surface area contributed by atoms with E-state index in [0.717, 1.165) is 22.5 Å². The van der Waals surface area contributed by atoms with E-state index in [1.54, 1.807) is 0 Å². The Morgan fingerprint density at radius 2 is 1.33 bits per heavy atom. The van der Waals surface area contributed by atoms with Crippen LogP contribution in [0.1, 0.15) is 11.1 Å². The molecule has 0 atom stereocenters. The summed E-state index contributed by atoms with van der Waals surface area (Å²) in [6, 6.07) is 0. The summed E-state index contributed by atoms with van der Waals surface area (Å²) in [5.41, 5.74) is 4.08. The Kier molecular flexibility index (Phi) is 1.46. The van der Waals surface area contributed by atoms with Gasteiger partial charge in [0.1, 0.15) is 11.4 Å². The van der Waals surface area contributed by atoms with Gasteiger partial charge in [-0.25, -0.2) is 0 Å². The molecule has 0 saturated carbocycles. The van der Waals surface area contributed by atoms with Crippen molar-refractivity contribution in [3.05, 3.63) is 23.5 Å². The summed E-state index contributed by atoms with van der Waals surface area (Å²) >= 11 is 0. The lowest BCUT2D eigenvalue weighted by Gasteiger charge is -1.92. The zero-order valence-corrected chi connectivity index (χ0v) is 7.05. The van der Waals surface area contributed by atoms with Crippen molar-refractivity contribution in [2.24, 2.45) is 0 Å². The highest BCUT2D eigenvalue weighted by Gasteiger charge is 2.09. The van der Waals surface area contributed by atoms with Gasteiger partial charge in [0.05, 0.1) is 0 Å². The number of hydrogen-bond acceptors (Lipinski definition) is 2. The molecule has 0 unspecified atom stereocenters. The number of H-pyrrole nitrogens is 2. The van der Waals surface area contributed by atoms with Gasteiger partial charge in [0, 0.05) is 12.4 Å². The minimum absolute atomic E-state index is 0.925. The third kappa shape index (κ3) is 0.922. The summed E-state index contributed by atoms with van der Waals surface area (Å²) in [4.78, 5) is 0. The normalized spacial score (nSPS) is 10.5. The van der Waals surface area contributed by atoms with Gasteiger partial charge in [-0.15, -0.1) is 0 Å². The maximum absolute atomic E-state index is 4.11. The minimum Gasteiger partial charge on any atom is -0.285 e. The van der Waals surface area contributed by atoms with E-state index in [9.17, 15) is 0 Å². The predicted octanol–water partition coefficient (Wildman–Crippen LogP) is 1.42. The highest BCUT2D eigenvalue weighted by atomic mass is 15.2. The fraction of sp³-hybridized carbons (Fsp3) is 0.250. The maximum atomic E-state index is 4.11. The van der Waals surface area contributed by atoms with Gasteiger partial charge in [0.25, 0.3) is 0 Å². The topological polar surface area (TPSA) is 57.4 Å². The number of nitrogens with one attached hydrogen (secondary N) is 2. The molecule has 2 aromatic heterocycles. The van der Waals surface area contributed by atoms with Crippen molar-refractivity contribution in [1.29, 1.82) is 0 Å². The number of aryl methyl sites for hydroxylation is 2. The zero-order valence-electron chi connectivity index (χ0n) is 7.05. The molecular weight excluding hydrogens is 152 g/mol. The Hall–Kier alpha value is -1.58. The first kappa shape index (κ1) is 7.09. The summed E-state index contributed by atoms with van der Waals surface area (Å²) in [6.07, 6.45) is 3.73. The average Bonchev–Trinajstić information content (AvgIpc) is 2.59. The second-order valence-electron chi connectivity index (χ2n) is 2.83. The second kappa shape index (κ2) is 2.48. The molecule has 62 valence electrons. The quantitative estimate of drug-likeness (QED) is 0.666. The monoisotopic (exact) mass is 162 g/mol. The smallest absolute Gasteiger partial charge is 0.115 e. The molecule has 0 aliphatic rings. The molecule has 0 amide bonds. The van der Waals surface area contributed by atoms with E-state index in [1.165, 1.54) is 0 Å². The molecule has 0 aliphatic heterocycles. The van der Waals surface area contributed by atoms with Crippen molar-refractivity contribution in [1.82, 2.24) is 20.4 Å². The first-order valence-corrected chi connectivity index (χ1v) is 3.80. The fourth-order valence-electron chi connectivity index (χ4n) is 1.18. The Bertz CT molecular complexity index is 347. The van der Waals surface area contributed by atoms with Gasteiger partial charge >= 0.3 is 0 Å². The molecule has 0 saturated heterocycles. The SMILES string of the molecule is Cc1c[nH]nc1-c1n[nH]cc1C. The summed E-state index contributed by atoms with van der Waals surface area (Å²) in [7, 11) is 0. The van der Waals surface area contributed by atoms with Crippen LogP contribution < -0.4 is 0 Å². The van der Waals surface area contributed by atoms with Gasteiger partial charge < -0.3 is 0 Å². The summed E-state index contributed by atoms with van der Waals surface area (Å²) < 4.78 is 0. The Morgan fingerprint density at radius 1 is 0.917 bits per heavy atom. The molecule has 4 heteroatoms. The van der Waals surface area contributed by atoms with Crippen LogP contribution in [0.4, 0.5) is 0 Å². The van der Waals surface area contributed by atoms with E-state index in [2.05, 4.69) is 20.4 Å². The summed E-state index contributed by atoms with van der Waals surface area (Å²) in [5.74, 6) is 0. The third-order valence-electron chi connectivity index (χ3n) is 1.89. The molecule has 4 nitrogen and oxygen atoms in total. The molecule has 12 heavy (non-hydrogen) atoms. The number of aromatic amines is 2. The maximum Gasteiger partial charge on any atom is 0.115 e. The molecule has 2 rings (SSSR count). The van der Waals surface area contributed by atoms with Crippen LogP contribution in [0.3, 0.4) is 0 Å². The number of aromatic nitrogens is 4. The number of rotatable bonds is 1. The molecular formula is C8H10N4. The van der Waals surface area contributed by atoms with Crippen molar-refractivity contribution in [2.75, 3.05) is 0 Å². The largest absolute Gasteiger partial charge is 0.285 e. The summed E-state index contributed by atoms with van der Waals surface area (Å²) in [5, 5.41) is 13.8. The van der Waals surface area contributed by atoms with E-state index < -0.39 is 0 Å². The van der Waals surface area contributed by atoms with Crippen LogP contribution in [-0.2, 0) is 0 Å². The van der Waals surface area contributed by atoms with Gasteiger partial charge in [0.2, 0.25) is 0 Å². The van der Waals surface area contributed by atoms with Crippen molar-refractivity contribution in [3.8, 4) is 11.4 Å². The molecule has 2 N–H and O–H groups in total. The second-order valence-corrected chi connectivity index (χ2v) is 2.83. The molecule has 0 aromatic carbocycles. The van der Waals surface area contributed by atoms with Crippen molar-refractivity contribution >= 4 is 0 Å². The molecule has 0 bridgehead atoms. The molecule has 0 aliphatic carbocycles. The van der Waals surface area contributed by atoms with Crippen LogP contribution >= 0.6 is 0 Å². The van der Waals surface area contributed by atoms with Gasteiger partial charge in [0.15, 0.2) is 0 Å². The number of nitrogens with zero attached hydrogens (tertiary/aromatic N) is 2. The van der Waals surface area contributed by atoms with Crippen LogP contribution in [0.2, 0.25) is 0 Å². The molecule has 0 radical (unpaired) electrons. The van der Waals surface area contributed by atoms with Crippen LogP contribution in [0, 0.1) is 13.8 Å². The van der Waals surface area contributed by atoms with Crippen molar-refractivity contribution < 1.29 is 0 Å². The number of hydrogen-bond donors (Lipinski definition) is 2. The van der Waals surface area contributed by atoms with Gasteiger partial charge in [-0.05, 0) is 25.0 Å². The van der Waals surface area contributed by atoms with Crippen LogP contribution in [-0.4, -0.2) is 20.4 Å². The molecule has 0 spiro atoms. The van der Waals surface area contributed by atoms with Gasteiger partial charge in [-0.2, -0.15) is 10.2 Å². The van der Waals surface area contributed by atoms with E-state index in [-0.39, 0.29) is 0 Å². The predicted molar refractivity (Wildman–Crippen MR) is 45.6 cm³/mol. The Morgan fingerprint density at radius 3 is 1.58 bits per heavy atom. The lowest BCUT2D eigenvalue weighted by molar-refractivity contribution is 1.06. The van der Waals surface area contributed by atoms with Crippen LogP contribution in [0.15, 0.2) is 12.4 Å². The van der Waals surface area contributed by atoms with E-state index in [1.807, 2.05) is 26.2 Å². The molecule has 0 fully saturated rings. The lowest BCUT2D eigenvalue weighted by Crippen LogP contribution is -1.83. The highest BCUT2D eigenvalue weighted by molar-refractivity contribution is 5.60. The lowest BCUT2D eigenvalue weighted by atomic mass is 10.1. The third-order valence-corrected chi connectivity index (χ3v) is 1.89. The standard InChI is InChI=1S/C8H10N4/c1-5-3-9-11-7(5)8-6(2)4-10-12-8/h3-4H,1-2H3,(H,9,11)(H,10,12). The van der Waals surface area contributed by atoms with E-state index in [4.69, 9.17) is 0 Å². The highest BCUT2D eigenvalue weighted by Crippen LogP contribution is 2.20. The average molecular weight is 162 g/mol. The van der Waals surface area contributed by atoms with Gasteiger partial charge in [-0.3, -0.25) is 10.2 Å². The van der Waals surface area contributed by atoms with Crippen molar-refractivity contribution in [3.63, 3.8) is 0 Å². The Balaban J connectivity index is 2.57. The minimum atomic E-state index is 0.925. The first-order chi connectivity index (χ1) is 5.79. The summed E-state index contributed by atoms with van der Waals surface area (Å²) in [6.45, 7) is 4.01.